The number of hydrogen-bond acceptors (Lipinski definition) is 8. The van der Waals surface area contributed by atoms with Gasteiger partial charge in [-0.05, 0) is 32.9 Å². The first-order chi connectivity index (χ1) is 13.8. The molecule has 0 radical (unpaired) electrons. The summed E-state index contributed by atoms with van der Waals surface area (Å²) in [6.45, 7) is 4.55. The van der Waals surface area contributed by atoms with Gasteiger partial charge in [0.15, 0.2) is 17.3 Å². The van der Waals surface area contributed by atoms with E-state index in [-0.39, 0.29) is 52.2 Å². The predicted octanol–water partition coefficient (Wildman–Crippen LogP) is 3.25. The first kappa shape index (κ1) is 21.8. The number of rotatable bonds is 8. The quantitative estimate of drug-likeness (QED) is 0.526. The molecule has 2 rings (SSSR count). The summed E-state index contributed by atoms with van der Waals surface area (Å²) < 4.78 is 26.2. The number of esters is 1. The lowest BCUT2D eigenvalue weighted by atomic mass is 10.1. The fourth-order valence-electron chi connectivity index (χ4n) is 2.84. The first-order valence-corrected chi connectivity index (χ1v) is 8.71. The second-order valence-corrected chi connectivity index (χ2v) is 5.88. The van der Waals surface area contributed by atoms with Crippen LogP contribution in [0.25, 0.3) is 0 Å². The maximum absolute atomic E-state index is 12.8. The molecule has 156 valence electrons. The molecule has 0 atom stereocenters. The zero-order valence-electron chi connectivity index (χ0n) is 17.1. The molecule has 29 heavy (non-hydrogen) atoms. The van der Waals surface area contributed by atoms with Crippen molar-refractivity contribution in [3.63, 3.8) is 0 Å². The van der Waals surface area contributed by atoms with Crippen LogP contribution in [-0.2, 0) is 4.74 Å². The summed E-state index contributed by atoms with van der Waals surface area (Å²) in [5.74, 6) is -0.863. The molecule has 1 N–H and O–H groups in total. The van der Waals surface area contributed by atoms with Crippen molar-refractivity contribution in [3.8, 4) is 17.2 Å². The Labute approximate surface area is 167 Å². The Kier molecular flexibility index (Phi) is 6.87. The fourth-order valence-corrected chi connectivity index (χ4v) is 2.84. The highest BCUT2D eigenvalue weighted by Gasteiger charge is 2.29. The third kappa shape index (κ3) is 4.34. The largest absolute Gasteiger partial charge is 0.493 e. The molecule has 0 spiro atoms. The molecule has 0 aliphatic carbocycles. The molecule has 2 aromatic rings. The summed E-state index contributed by atoms with van der Waals surface area (Å²) in [5.41, 5.74) is 0.0917. The van der Waals surface area contributed by atoms with E-state index in [1.807, 2.05) is 0 Å². The van der Waals surface area contributed by atoms with E-state index in [1.165, 1.54) is 47.3 Å². The molecule has 0 unspecified atom stereocenters. The van der Waals surface area contributed by atoms with Crippen LogP contribution in [0.15, 0.2) is 16.5 Å². The molecule has 9 heteroatoms. The molecule has 9 nitrogen and oxygen atoms in total. The summed E-state index contributed by atoms with van der Waals surface area (Å²) in [5, 5.41) is 2.51. The van der Waals surface area contributed by atoms with Gasteiger partial charge in [-0.3, -0.25) is 14.9 Å². The maximum Gasteiger partial charge on any atom is 0.344 e. The van der Waals surface area contributed by atoms with Gasteiger partial charge in [-0.1, -0.05) is 0 Å². The van der Waals surface area contributed by atoms with Gasteiger partial charge in [-0.2, -0.15) is 0 Å². The number of nitrogens with one attached hydrogen (secondary N) is 1. The molecule has 1 heterocycles. The van der Waals surface area contributed by atoms with E-state index in [9.17, 15) is 14.4 Å². The highest BCUT2D eigenvalue weighted by Crippen LogP contribution is 2.38. The molecule has 1 amide bonds. The number of Topliss-reactive ketones (excluding diaryl/α,β-unsaturated/α-hetero) is 1. The average molecular weight is 405 g/mol. The summed E-state index contributed by atoms with van der Waals surface area (Å²) in [7, 11) is 4.29. The predicted molar refractivity (Wildman–Crippen MR) is 103 cm³/mol. The zero-order valence-corrected chi connectivity index (χ0v) is 17.1. The minimum absolute atomic E-state index is 0.0589. The monoisotopic (exact) mass is 405 g/mol. The number of furan rings is 1. The van der Waals surface area contributed by atoms with Gasteiger partial charge in [0, 0.05) is 5.56 Å². The molecule has 0 fully saturated rings. The first-order valence-electron chi connectivity index (χ1n) is 8.71. The molecule has 0 aliphatic heterocycles. The molecule has 0 saturated heterocycles. The van der Waals surface area contributed by atoms with Crippen molar-refractivity contribution in [1.82, 2.24) is 0 Å². The highest BCUT2D eigenvalue weighted by atomic mass is 16.5. The van der Waals surface area contributed by atoms with Gasteiger partial charge in [-0.25, -0.2) is 4.79 Å². The Morgan fingerprint density at radius 1 is 1.00 bits per heavy atom. The van der Waals surface area contributed by atoms with Crippen molar-refractivity contribution < 1.29 is 37.7 Å². The van der Waals surface area contributed by atoms with Gasteiger partial charge in [0.25, 0.3) is 5.91 Å². The summed E-state index contributed by atoms with van der Waals surface area (Å²) >= 11 is 0. The second-order valence-electron chi connectivity index (χ2n) is 5.88. The molecule has 0 saturated carbocycles. The SMILES string of the molecule is CCOC(=O)c1c(NC(=O)c2cc(OC)c(OC)c(OC)c2)oc(C)c1C(C)=O. The van der Waals surface area contributed by atoms with Crippen LogP contribution in [-0.4, -0.2) is 45.6 Å². The van der Waals surface area contributed by atoms with E-state index in [0.29, 0.717) is 5.75 Å². The average Bonchev–Trinajstić information content (AvgIpc) is 3.02. The van der Waals surface area contributed by atoms with Gasteiger partial charge in [0.1, 0.15) is 11.3 Å². The number of aryl methyl sites for hydroxylation is 1. The fraction of sp³-hybridized carbons (Fsp3) is 0.350. The summed E-state index contributed by atoms with van der Waals surface area (Å²) in [6.07, 6.45) is 0. The topological polar surface area (TPSA) is 113 Å². The van der Waals surface area contributed by atoms with Crippen molar-refractivity contribution in [1.29, 1.82) is 0 Å². The maximum atomic E-state index is 12.8. The van der Waals surface area contributed by atoms with Crippen LogP contribution in [0.4, 0.5) is 5.88 Å². The van der Waals surface area contributed by atoms with E-state index in [2.05, 4.69) is 5.32 Å². The van der Waals surface area contributed by atoms with Crippen molar-refractivity contribution in [2.24, 2.45) is 0 Å². The van der Waals surface area contributed by atoms with Crippen LogP contribution < -0.4 is 19.5 Å². The van der Waals surface area contributed by atoms with E-state index in [1.54, 1.807) is 6.92 Å². The highest BCUT2D eigenvalue weighted by molar-refractivity contribution is 6.12. The third-order valence-electron chi connectivity index (χ3n) is 4.07. The second kappa shape index (κ2) is 9.13. The van der Waals surface area contributed by atoms with Crippen molar-refractivity contribution in [2.75, 3.05) is 33.3 Å². The number of hydrogen-bond donors (Lipinski definition) is 1. The van der Waals surface area contributed by atoms with Crippen molar-refractivity contribution in [2.45, 2.75) is 20.8 Å². The van der Waals surface area contributed by atoms with E-state index < -0.39 is 11.9 Å². The van der Waals surface area contributed by atoms with Crippen LogP contribution >= 0.6 is 0 Å². The molecule has 1 aromatic heterocycles. The standard InChI is InChI=1S/C20H23NO8/c1-7-28-20(24)16-15(10(2)22)11(3)29-19(16)21-18(23)12-8-13(25-4)17(27-6)14(9-12)26-5/h8-9H,7H2,1-6H3,(H,21,23). The third-order valence-corrected chi connectivity index (χ3v) is 4.07. The Morgan fingerprint density at radius 3 is 2.03 bits per heavy atom. The minimum Gasteiger partial charge on any atom is -0.493 e. The lowest BCUT2D eigenvalue weighted by molar-refractivity contribution is 0.0524. The van der Waals surface area contributed by atoms with Crippen LogP contribution in [0, 0.1) is 6.92 Å². The normalized spacial score (nSPS) is 10.3. The summed E-state index contributed by atoms with van der Waals surface area (Å²) in [4.78, 5) is 37.2. The number of methoxy groups -OCH3 is 3. The molecule has 1 aromatic carbocycles. The van der Waals surface area contributed by atoms with Crippen molar-refractivity contribution >= 4 is 23.5 Å². The van der Waals surface area contributed by atoms with Crippen LogP contribution in [0.1, 0.15) is 50.7 Å². The number of ketones is 1. The minimum atomic E-state index is -0.769. The van der Waals surface area contributed by atoms with Gasteiger partial charge in [0.05, 0.1) is 33.5 Å². The number of benzene rings is 1. The number of carbonyl (C=O) groups is 3. The van der Waals surface area contributed by atoms with Crippen LogP contribution in [0.3, 0.4) is 0 Å². The molecular formula is C20H23NO8. The van der Waals surface area contributed by atoms with E-state index >= 15 is 0 Å². The lowest BCUT2D eigenvalue weighted by Crippen LogP contribution is -2.16. The number of amides is 1. The zero-order chi connectivity index (χ0) is 21.7. The Balaban J connectivity index is 2.49. The lowest BCUT2D eigenvalue weighted by Gasteiger charge is -2.14. The number of carbonyl (C=O) groups excluding carboxylic acids is 3. The molecular weight excluding hydrogens is 382 g/mol. The van der Waals surface area contributed by atoms with Crippen LogP contribution in [0.5, 0.6) is 17.2 Å². The van der Waals surface area contributed by atoms with Gasteiger partial charge < -0.3 is 23.4 Å². The Morgan fingerprint density at radius 2 is 1.59 bits per heavy atom. The van der Waals surface area contributed by atoms with Gasteiger partial charge in [-0.15, -0.1) is 0 Å². The Hall–Kier alpha value is -3.49. The van der Waals surface area contributed by atoms with E-state index in [4.69, 9.17) is 23.4 Å². The smallest absolute Gasteiger partial charge is 0.344 e. The molecule has 0 bridgehead atoms. The number of anilines is 1. The van der Waals surface area contributed by atoms with E-state index in [0.717, 1.165) is 0 Å². The number of ether oxygens (including phenoxy) is 4. The Bertz CT molecular complexity index is 919. The van der Waals surface area contributed by atoms with Gasteiger partial charge in [0.2, 0.25) is 11.6 Å². The van der Waals surface area contributed by atoms with Gasteiger partial charge >= 0.3 is 5.97 Å². The van der Waals surface area contributed by atoms with Crippen molar-refractivity contribution in [3.05, 3.63) is 34.6 Å². The van der Waals surface area contributed by atoms with Crippen LogP contribution in [0.2, 0.25) is 0 Å². The summed E-state index contributed by atoms with van der Waals surface area (Å²) in [6, 6.07) is 2.89. The molecule has 0 aliphatic rings.